The topological polar surface area (TPSA) is 52.9 Å². The van der Waals surface area contributed by atoms with Gasteiger partial charge in [0.25, 0.3) is 0 Å². The van der Waals surface area contributed by atoms with E-state index in [1.54, 1.807) is 12.1 Å². The van der Waals surface area contributed by atoms with Gasteiger partial charge >= 0.3 is 0 Å². The Labute approximate surface area is 191 Å². The summed E-state index contributed by atoms with van der Waals surface area (Å²) in [5.74, 6) is 0.679. The molecule has 0 spiro atoms. The van der Waals surface area contributed by atoms with Crippen LogP contribution in [0, 0.1) is 5.92 Å². The van der Waals surface area contributed by atoms with Crippen molar-refractivity contribution in [2.75, 3.05) is 19.6 Å². The van der Waals surface area contributed by atoms with Crippen LogP contribution < -0.4 is 4.89 Å². The summed E-state index contributed by atoms with van der Waals surface area (Å²) in [5.41, 5.74) is 2.30. The molecule has 0 radical (unpaired) electrons. The molecule has 0 atom stereocenters. The van der Waals surface area contributed by atoms with Gasteiger partial charge in [-0.25, -0.2) is 5.26 Å². The molecule has 32 heavy (non-hydrogen) atoms. The number of hydrogen-bond acceptors (Lipinski definition) is 4. The Bertz CT molecular complexity index is 896. The number of nitrogens with zero attached hydrogens (tertiary/aromatic N) is 1. The van der Waals surface area contributed by atoms with E-state index < -0.39 is 5.60 Å². The number of unbranched alkanes of at least 4 members (excludes halogenated alkanes) is 1. The van der Waals surface area contributed by atoms with Crippen molar-refractivity contribution in [3.05, 3.63) is 102 Å². The molecule has 3 aromatic rings. The summed E-state index contributed by atoms with van der Waals surface area (Å²) in [6.07, 6.45) is 5.30. The smallest absolute Gasteiger partial charge is 0.165 e. The van der Waals surface area contributed by atoms with E-state index in [2.05, 4.69) is 34.1 Å². The van der Waals surface area contributed by atoms with Crippen molar-refractivity contribution >= 4 is 0 Å². The molecular formula is C28H33NO3. The fraction of sp³-hybridized carbons (Fsp3) is 0.357. The highest BCUT2D eigenvalue weighted by molar-refractivity contribution is 5.37. The van der Waals surface area contributed by atoms with Gasteiger partial charge in [0.05, 0.1) is 0 Å². The minimum atomic E-state index is -0.945. The Balaban J connectivity index is 1.31. The minimum absolute atomic E-state index is 0.204. The van der Waals surface area contributed by atoms with Crippen molar-refractivity contribution in [1.29, 1.82) is 0 Å². The first kappa shape index (κ1) is 22.5. The number of benzene rings is 3. The molecule has 4 nitrogen and oxygen atoms in total. The van der Waals surface area contributed by atoms with Crippen LogP contribution in [0.1, 0.15) is 42.4 Å². The Hall–Kier alpha value is -2.66. The van der Waals surface area contributed by atoms with Crippen molar-refractivity contribution in [1.82, 2.24) is 4.90 Å². The number of aryl methyl sites for hydroxylation is 1. The zero-order chi connectivity index (χ0) is 22.2. The van der Waals surface area contributed by atoms with Gasteiger partial charge in [-0.15, -0.1) is 0 Å². The number of piperidine rings is 1. The van der Waals surface area contributed by atoms with E-state index in [-0.39, 0.29) is 5.92 Å². The predicted molar refractivity (Wildman–Crippen MR) is 128 cm³/mol. The molecule has 0 amide bonds. The second-order valence-electron chi connectivity index (χ2n) is 8.81. The van der Waals surface area contributed by atoms with Crippen molar-refractivity contribution in [2.45, 2.75) is 37.7 Å². The lowest BCUT2D eigenvalue weighted by Gasteiger charge is -2.42. The largest absolute Gasteiger partial charge is 0.380 e. The molecule has 1 aliphatic heterocycles. The summed E-state index contributed by atoms with van der Waals surface area (Å²) < 4.78 is 0. The molecule has 168 valence electrons. The van der Waals surface area contributed by atoms with Gasteiger partial charge in [-0.1, -0.05) is 72.8 Å². The van der Waals surface area contributed by atoms with Gasteiger partial charge in [-0.2, -0.15) is 0 Å². The molecule has 1 saturated heterocycles. The van der Waals surface area contributed by atoms with E-state index >= 15 is 0 Å². The zero-order valence-corrected chi connectivity index (χ0v) is 18.6. The maximum atomic E-state index is 12.0. The maximum absolute atomic E-state index is 12.0. The third kappa shape index (κ3) is 5.21. The highest BCUT2D eigenvalue weighted by Gasteiger charge is 2.41. The number of hydrogen-bond donors (Lipinski definition) is 2. The van der Waals surface area contributed by atoms with Crippen LogP contribution in [0.2, 0.25) is 0 Å². The van der Waals surface area contributed by atoms with Crippen LogP contribution in [-0.2, 0) is 12.0 Å². The van der Waals surface area contributed by atoms with Crippen molar-refractivity contribution in [3.8, 4) is 5.75 Å². The van der Waals surface area contributed by atoms with E-state index in [4.69, 9.17) is 5.26 Å². The first-order chi connectivity index (χ1) is 15.7. The minimum Gasteiger partial charge on any atom is -0.380 e. The van der Waals surface area contributed by atoms with E-state index in [9.17, 15) is 5.11 Å². The summed E-state index contributed by atoms with van der Waals surface area (Å²) in [7, 11) is 0. The van der Waals surface area contributed by atoms with Gasteiger partial charge < -0.3 is 14.9 Å². The summed E-state index contributed by atoms with van der Waals surface area (Å²) >= 11 is 0. The fourth-order valence-electron chi connectivity index (χ4n) is 4.98. The Kier molecular flexibility index (Phi) is 7.59. The summed E-state index contributed by atoms with van der Waals surface area (Å²) in [6.45, 7) is 3.14. The van der Waals surface area contributed by atoms with Crippen LogP contribution in [0.4, 0.5) is 0 Å². The molecule has 1 fully saturated rings. The van der Waals surface area contributed by atoms with Crippen LogP contribution in [-0.4, -0.2) is 34.9 Å². The SMILES string of the molecule is OOc1ccc(CCCCN2CCC(C(O)(c3ccccc3)c3ccccc3)CC2)cc1. The molecule has 0 aliphatic carbocycles. The summed E-state index contributed by atoms with van der Waals surface area (Å²) in [4.78, 5) is 6.78. The third-order valence-corrected chi connectivity index (χ3v) is 6.82. The Morgan fingerprint density at radius 2 is 1.34 bits per heavy atom. The van der Waals surface area contributed by atoms with Gasteiger partial charge in [0.15, 0.2) is 5.75 Å². The van der Waals surface area contributed by atoms with Crippen LogP contribution in [0.25, 0.3) is 0 Å². The lowest BCUT2D eigenvalue weighted by Crippen LogP contribution is -2.44. The first-order valence-electron chi connectivity index (χ1n) is 11.7. The molecule has 4 heteroatoms. The van der Waals surface area contributed by atoms with Crippen LogP contribution in [0.5, 0.6) is 5.75 Å². The highest BCUT2D eigenvalue weighted by atomic mass is 17.1. The first-order valence-corrected chi connectivity index (χ1v) is 11.7. The zero-order valence-electron chi connectivity index (χ0n) is 18.6. The second kappa shape index (κ2) is 10.8. The molecule has 2 N–H and O–H groups in total. The van der Waals surface area contributed by atoms with Crippen molar-refractivity contribution < 1.29 is 15.3 Å². The van der Waals surface area contributed by atoms with Crippen LogP contribution in [0.3, 0.4) is 0 Å². The quantitative estimate of drug-likeness (QED) is 0.266. The number of aliphatic hydroxyl groups is 1. The Morgan fingerprint density at radius 1 is 0.781 bits per heavy atom. The summed E-state index contributed by atoms with van der Waals surface area (Å²) in [6, 6.07) is 27.9. The molecule has 3 aromatic carbocycles. The fourth-order valence-corrected chi connectivity index (χ4v) is 4.98. The van der Waals surface area contributed by atoms with E-state index in [0.717, 1.165) is 62.9 Å². The Morgan fingerprint density at radius 3 is 1.88 bits per heavy atom. The molecule has 0 unspecified atom stereocenters. The average Bonchev–Trinajstić information content (AvgIpc) is 2.88. The van der Waals surface area contributed by atoms with Crippen molar-refractivity contribution in [3.63, 3.8) is 0 Å². The normalized spacial score (nSPS) is 15.6. The predicted octanol–water partition coefficient (Wildman–Crippen LogP) is 5.51. The lowest BCUT2D eigenvalue weighted by atomic mass is 9.72. The van der Waals surface area contributed by atoms with Crippen LogP contribution in [0.15, 0.2) is 84.9 Å². The molecule has 0 bridgehead atoms. The highest BCUT2D eigenvalue weighted by Crippen LogP contribution is 2.41. The molecule has 0 saturated carbocycles. The number of likely N-dealkylation sites (tertiary alicyclic amines) is 1. The molecule has 4 rings (SSSR count). The van der Waals surface area contributed by atoms with Gasteiger partial charge in [0, 0.05) is 0 Å². The van der Waals surface area contributed by atoms with E-state index in [1.165, 1.54) is 5.56 Å². The van der Waals surface area contributed by atoms with E-state index in [0.29, 0.717) is 5.75 Å². The van der Waals surface area contributed by atoms with Gasteiger partial charge in [-0.3, -0.25) is 0 Å². The lowest BCUT2D eigenvalue weighted by molar-refractivity contribution is -0.137. The molecule has 1 aliphatic rings. The van der Waals surface area contributed by atoms with Gasteiger partial charge in [-0.05, 0) is 86.5 Å². The van der Waals surface area contributed by atoms with E-state index in [1.807, 2.05) is 48.5 Å². The molecular weight excluding hydrogens is 398 g/mol. The van der Waals surface area contributed by atoms with Crippen molar-refractivity contribution in [2.24, 2.45) is 5.92 Å². The number of rotatable bonds is 9. The average molecular weight is 432 g/mol. The maximum Gasteiger partial charge on any atom is 0.165 e. The summed E-state index contributed by atoms with van der Waals surface area (Å²) in [5, 5.41) is 20.7. The van der Waals surface area contributed by atoms with Gasteiger partial charge in [0.2, 0.25) is 0 Å². The van der Waals surface area contributed by atoms with Crippen LogP contribution >= 0.6 is 0 Å². The molecule has 0 aromatic heterocycles. The standard InChI is InChI=1S/C28H33NO3/c30-28(24-10-3-1-4-11-24,25-12-5-2-6-13-25)26-18-21-29(22-19-26)20-8-7-9-23-14-16-27(32-31)17-15-23/h1-6,10-17,26,30-31H,7-9,18-22H2. The second-order valence-corrected chi connectivity index (χ2v) is 8.81. The third-order valence-electron chi connectivity index (χ3n) is 6.82. The molecule has 1 heterocycles. The van der Waals surface area contributed by atoms with Gasteiger partial charge in [0.1, 0.15) is 5.60 Å². The monoisotopic (exact) mass is 431 g/mol.